The zero-order valence-electron chi connectivity index (χ0n) is 15.2. The highest BCUT2D eigenvalue weighted by Gasteiger charge is 2.15. The van der Waals surface area contributed by atoms with Crippen molar-refractivity contribution in [3.8, 4) is 11.5 Å². The summed E-state index contributed by atoms with van der Waals surface area (Å²) in [6.45, 7) is 3.81. The molecular weight excluding hydrogens is 395 g/mol. The summed E-state index contributed by atoms with van der Waals surface area (Å²) in [5.41, 5.74) is 5.09. The smallest absolute Gasteiger partial charge is 0.255 e. The van der Waals surface area contributed by atoms with Crippen molar-refractivity contribution < 1.29 is 9.21 Å². The highest BCUT2D eigenvalue weighted by molar-refractivity contribution is 6.32. The van der Waals surface area contributed by atoms with E-state index in [1.807, 2.05) is 38.1 Å². The molecule has 1 amide bonds. The Balaban J connectivity index is 1.67. The van der Waals surface area contributed by atoms with Gasteiger partial charge in [-0.05, 0) is 67.4 Å². The highest BCUT2D eigenvalue weighted by Crippen LogP contribution is 2.31. The standard InChI is InChI=1S/C22H16Cl2N2O2/c1-12-6-7-14(10-17(12)24)21(27)25-18-5-3-4-16(13(18)2)22-26-19-11-15(23)8-9-20(19)28-22/h3-11H,1-2H3,(H,25,27). The molecule has 0 aliphatic heterocycles. The third-order valence-electron chi connectivity index (χ3n) is 4.60. The fourth-order valence-electron chi connectivity index (χ4n) is 2.95. The minimum absolute atomic E-state index is 0.230. The van der Waals surface area contributed by atoms with Crippen LogP contribution in [0.5, 0.6) is 0 Å². The fourth-order valence-corrected chi connectivity index (χ4v) is 3.29. The van der Waals surface area contributed by atoms with Gasteiger partial charge in [0.2, 0.25) is 5.89 Å². The van der Waals surface area contributed by atoms with E-state index in [2.05, 4.69) is 10.3 Å². The van der Waals surface area contributed by atoms with Gasteiger partial charge in [-0.3, -0.25) is 4.79 Å². The van der Waals surface area contributed by atoms with Crippen molar-refractivity contribution in [3.63, 3.8) is 0 Å². The Hall–Kier alpha value is -2.82. The van der Waals surface area contributed by atoms with E-state index < -0.39 is 0 Å². The van der Waals surface area contributed by atoms with Crippen LogP contribution in [0.4, 0.5) is 5.69 Å². The minimum Gasteiger partial charge on any atom is -0.436 e. The van der Waals surface area contributed by atoms with Gasteiger partial charge in [-0.1, -0.05) is 35.3 Å². The van der Waals surface area contributed by atoms with E-state index in [9.17, 15) is 4.79 Å². The van der Waals surface area contributed by atoms with E-state index in [-0.39, 0.29) is 5.91 Å². The van der Waals surface area contributed by atoms with Crippen LogP contribution in [0.3, 0.4) is 0 Å². The minimum atomic E-state index is -0.230. The molecule has 140 valence electrons. The number of rotatable bonds is 3. The third-order valence-corrected chi connectivity index (χ3v) is 5.24. The molecule has 28 heavy (non-hydrogen) atoms. The van der Waals surface area contributed by atoms with Crippen molar-refractivity contribution in [2.75, 3.05) is 5.32 Å². The lowest BCUT2D eigenvalue weighted by Crippen LogP contribution is -2.13. The number of fused-ring (bicyclic) bond motifs is 1. The number of benzene rings is 3. The molecule has 1 heterocycles. The molecular formula is C22H16Cl2N2O2. The number of hydrogen-bond acceptors (Lipinski definition) is 3. The summed E-state index contributed by atoms with van der Waals surface area (Å²) >= 11 is 12.2. The van der Waals surface area contributed by atoms with Crippen molar-refractivity contribution >= 4 is 45.9 Å². The molecule has 6 heteroatoms. The molecule has 4 nitrogen and oxygen atoms in total. The monoisotopic (exact) mass is 410 g/mol. The summed E-state index contributed by atoms with van der Waals surface area (Å²) in [6, 6.07) is 16.1. The van der Waals surface area contributed by atoms with Crippen LogP contribution in [0.25, 0.3) is 22.6 Å². The summed E-state index contributed by atoms with van der Waals surface area (Å²) < 4.78 is 5.86. The first-order chi connectivity index (χ1) is 13.4. The summed E-state index contributed by atoms with van der Waals surface area (Å²) in [7, 11) is 0. The Kier molecular flexibility index (Phi) is 4.84. The van der Waals surface area contributed by atoms with Gasteiger partial charge in [-0.2, -0.15) is 0 Å². The highest BCUT2D eigenvalue weighted by atomic mass is 35.5. The van der Waals surface area contributed by atoms with Crippen LogP contribution in [0, 0.1) is 13.8 Å². The van der Waals surface area contributed by atoms with E-state index >= 15 is 0 Å². The first kappa shape index (κ1) is 18.5. The number of anilines is 1. The van der Waals surface area contributed by atoms with Gasteiger partial charge in [0, 0.05) is 26.9 Å². The number of nitrogens with zero attached hydrogens (tertiary/aromatic N) is 1. The second-order valence-corrected chi connectivity index (χ2v) is 7.37. The Bertz CT molecular complexity index is 1210. The lowest BCUT2D eigenvalue weighted by Gasteiger charge is -2.11. The SMILES string of the molecule is Cc1ccc(C(=O)Nc2cccc(-c3nc4cc(Cl)ccc4o3)c2C)cc1Cl. The van der Waals surface area contributed by atoms with Crippen molar-refractivity contribution in [2.45, 2.75) is 13.8 Å². The Labute approximate surface area is 172 Å². The molecule has 0 radical (unpaired) electrons. The van der Waals surface area contributed by atoms with Crippen LogP contribution in [0.15, 0.2) is 59.0 Å². The topological polar surface area (TPSA) is 55.1 Å². The molecule has 1 N–H and O–H groups in total. The summed E-state index contributed by atoms with van der Waals surface area (Å²) in [6.07, 6.45) is 0. The van der Waals surface area contributed by atoms with Crippen molar-refractivity contribution in [2.24, 2.45) is 0 Å². The summed E-state index contributed by atoms with van der Waals surface area (Å²) in [5.74, 6) is 0.246. The number of amides is 1. The van der Waals surface area contributed by atoms with Crippen LogP contribution in [0.1, 0.15) is 21.5 Å². The van der Waals surface area contributed by atoms with E-state index in [0.717, 1.165) is 16.7 Å². The van der Waals surface area contributed by atoms with Crippen molar-refractivity contribution in [3.05, 3.63) is 81.3 Å². The number of nitrogens with one attached hydrogen (secondary N) is 1. The van der Waals surface area contributed by atoms with Gasteiger partial charge in [0.15, 0.2) is 5.58 Å². The largest absolute Gasteiger partial charge is 0.436 e. The molecule has 0 bridgehead atoms. The second-order valence-electron chi connectivity index (χ2n) is 6.53. The van der Waals surface area contributed by atoms with E-state index in [0.29, 0.717) is 38.3 Å². The Morgan fingerprint density at radius 1 is 1.04 bits per heavy atom. The molecule has 1 aromatic heterocycles. The van der Waals surface area contributed by atoms with Gasteiger partial charge in [0.25, 0.3) is 5.91 Å². The predicted molar refractivity (Wildman–Crippen MR) is 113 cm³/mol. The molecule has 0 unspecified atom stereocenters. The van der Waals surface area contributed by atoms with Crippen LogP contribution in [-0.2, 0) is 0 Å². The van der Waals surface area contributed by atoms with Crippen LogP contribution >= 0.6 is 23.2 Å². The first-order valence-corrected chi connectivity index (χ1v) is 9.41. The predicted octanol–water partition coefficient (Wildman–Crippen LogP) is 6.67. The van der Waals surface area contributed by atoms with Crippen LogP contribution < -0.4 is 5.32 Å². The Morgan fingerprint density at radius 3 is 2.64 bits per heavy atom. The summed E-state index contributed by atoms with van der Waals surface area (Å²) in [5, 5.41) is 4.10. The zero-order valence-corrected chi connectivity index (χ0v) is 16.7. The van der Waals surface area contributed by atoms with E-state index in [4.69, 9.17) is 27.6 Å². The number of aromatic nitrogens is 1. The number of hydrogen-bond donors (Lipinski definition) is 1. The van der Waals surface area contributed by atoms with E-state index in [1.165, 1.54) is 0 Å². The Morgan fingerprint density at radius 2 is 1.86 bits per heavy atom. The number of carbonyl (C=O) groups is 1. The van der Waals surface area contributed by atoms with Gasteiger partial charge in [-0.15, -0.1) is 0 Å². The molecule has 0 saturated carbocycles. The number of carbonyl (C=O) groups excluding carboxylic acids is 1. The average Bonchev–Trinajstić information content (AvgIpc) is 3.08. The average molecular weight is 411 g/mol. The molecule has 0 aliphatic carbocycles. The maximum atomic E-state index is 12.6. The second kappa shape index (κ2) is 7.30. The quantitative estimate of drug-likeness (QED) is 0.410. The molecule has 4 rings (SSSR count). The molecule has 0 fully saturated rings. The lowest BCUT2D eigenvalue weighted by molar-refractivity contribution is 0.102. The molecule has 0 saturated heterocycles. The molecule has 0 atom stereocenters. The van der Waals surface area contributed by atoms with Crippen LogP contribution in [0.2, 0.25) is 10.0 Å². The number of aryl methyl sites for hydroxylation is 1. The van der Waals surface area contributed by atoms with Gasteiger partial charge >= 0.3 is 0 Å². The zero-order chi connectivity index (χ0) is 19.8. The fraction of sp³-hybridized carbons (Fsp3) is 0.0909. The molecule has 3 aromatic carbocycles. The number of halogens is 2. The maximum Gasteiger partial charge on any atom is 0.255 e. The summed E-state index contributed by atoms with van der Waals surface area (Å²) in [4.78, 5) is 17.2. The van der Waals surface area contributed by atoms with Crippen molar-refractivity contribution in [1.82, 2.24) is 4.98 Å². The van der Waals surface area contributed by atoms with Gasteiger partial charge in [-0.25, -0.2) is 4.98 Å². The van der Waals surface area contributed by atoms with Gasteiger partial charge < -0.3 is 9.73 Å². The normalized spacial score (nSPS) is 11.0. The molecule has 4 aromatic rings. The van der Waals surface area contributed by atoms with Crippen LogP contribution in [-0.4, -0.2) is 10.9 Å². The molecule has 0 spiro atoms. The van der Waals surface area contributed by atoms with E-state index in [1.54, 1.807) is 30.3 Å². The van der Waals surface area contributed by atoms with Gasteiger partial charge in [0.05, 0.1) is 0 Å². The number of oxazole rings is 1. The lowest BCUT2D eigenvalue weighted by atomic mass is 10.1. The third kappa shape index (κ3) is 3.49. The first-order valence-electron chi connectivity index (χ1n) is 8.66. The maximum absolute atomic E-state index is 12.6. The van der Waals surface area contributed by atoms with Gasteiger partial charge in [0.1, 0.15) is 5.52 Å². The van der Waals surface area contributed by atoms with Crippen molar-refractivity contribution in [1.29, 1.82) is 0 Å². The molecule has 0 aliphatic rings.